The Morgan fingerprint density at radius 3 is 2.49 bits per heavy atom. The third kappa shape index (κ3) is 4.36. The van der Waals surface area contributed by atoms with Crippen LogP contribution < -0.4 is 10.2 Å². The second-order valence-electron chi connectivity index (χ2n) is 8.51. The SMILES string of the molecule is C[C@H]1CN(C(=O)Nc2ccc(C#N)cc2F)CCN1c1nnc(-c2ccccc2)c2ccccc12. The molecule has 2 amide bonds. The van der Waals surface area contributed by atoms with Crippen molar-refractivity contribution in [3.63, 3.8) is 0 Å². The van der Waals surface area contributed by atoms with Crippen LogP contribution in [0.4, 0.5) is 20.7 Å². The molecule has 2 heterocycles. The lowest BCUT2D eigenvalue weighted by Crippen LogP contribution is -2.55. The molecule has 0 aliphatic carbocycles. The van der Waals surface area contributed by atoms with Crippen molar-refractivity contribution in [3.05, 3.63) is 84.2 Å². The number of piperazine rings is 1. The van der Waals surface area contributed by atoms with Crippen molar-refractivity contribution in [2.24, 2.45) is 0 Å². The van der Waals surface area contributed by atoms with E-state index in [4.69, 9.17) is 5.26 Å². The first-order valence-corrected chi connectivity index (χ1v) is 11.4. The predicted molar refractivity (Wildman–Crippen MR) is 133 cm³/mol. The number of fused-ring (bicyclic) bond motifs is 1. The summed E-state index contributed by atoms with van der Waals surface area (Å²) in [7, 11) is 0. The number of carbonyl (C=O) groups excluding carboxylic acids is 1. The molecule has 8 heteroatoms. The summed E-state index contributed by atoms with van der Waals surface area (Å²) in [6, 6.07) is 23.5. The third-order valence-electron chi connectivity index (χ3n) is 6.24. The van der Waals surface area contributed by atoms with E-state index in [1.54, 1.807) is 4.90 Å². The molecule has 0 unspecified atom stereocenters. The van der Waals surface area contributed by atoms with Crippen LogP contribution in [0.15, 0.2) is 72.8 Å². The molecule has 4 aromatic rings. The van der Waals surface area contributed by atoms with Crippen molar-refractivity contribution in [2.75, 3.05) is 29.9 Å². The van der Waals surface area contributed by atoms with Gasteiger partial charge in [-0.25, -0.2) is 9.18 Å². The maximum absolute atomic E-state index is 14.2. The van der Waals surface area contributed by atoms with Gasteiger partial charge in [-0.3, -0.25) is 0 Å². The maximum Gasteiger partial charge on any atom is 0.322 e. The highest BCUT2D eigenvalue weighted by atomic mass is 19.1. The fourth-order valence-corrected chi connectivity index (χ4v) is 4.45. The van der Waals surface area contributed by atoms with Gasteiger partial charge in [-0.1, -0.05) is 54.6 Å². The number of halogens is 1. The first-order valence-electron chi connectivity index (χ1n) is 11.4. The van der Waals surface area contributed by atoms with Crippen LogP contribution in [-0.2, 0) is 0 Å². The lowest BCUT2D eigenvalue weighted by Gasteiger charge is -2.40. The highest BCUT2D eigenvalue weighted by Gasteiger charge is 2.29. The average molecular weight is 467 g/mol. The predicted octanol–water partition coefficient (Wildman–Crippen LogP) is 5.05. The van der Waals surface area contributed by atoms with E-state index in [2.05, 4.69) is 26.5 Å². The summed E-state index contributed by atoms with van der Waals surface area (Å²) in [5.41, 5.74) is 2.10. The van der Waals surface area contributed by atoms with Crippen molar-refractivity contribution in [3.8, 4) is 17.3 Å². The number of benzene rings is 3. The maximum atomic E-state index is 14.2. The van der Waals surface area contributed by atoms with Crippen molar-refractivity contribution in [1.82, 2.24) is 15.1 Å². The van der Waals surface area contributed by atoms with Crippen molar-refractivity contribution in [1.29, 1.82) is 5.26 Å². The number of aromatic nitrogens is 2. The summed E-state index contributed by atoms with van der Waals surface area (Å²) in [5.74, 6) is 0.148. The van der Waals surface area contributed by atoms with Gasteiger partial charge in [-0.05, 0) is 25.1 Å². The van der Waals surface area contributed by atoms with E-state index in [-0.39, 0.29) is 23.3 Å². The molecule has 35 heavy (non-hydrogen) atoms. The molecule has 1 saturated heterocycles. The zero-order valence-corrected chi connectivity index (χ0v) is 19.1. The molecule has 0 saturated carbocycles. The van der Waals surface area contributed by atoms with Gasteiger partial charge in [0.2, 0.25) is 0 Å². The van der Waals surface area contributed by atoms with Crippen molar-refractivity contribution in [2.45, 2.75) is 13.0 Å². The number of nitriles is 1. The summed E-state index contributed by atoms with van der Waals surface area (Å²) in [6.07, 6.45) is 0. The van der Waals surface area contributed by atoms with E-state index in [0.717, 1.165) is 33.9 Å². The van der Waals surface area contributed by atoms with Crippen LogP contribution in [0.3, 0.4) is 0 Å². The van der Waals surface area contributed by atoms with Crippen LogP contribution in [0.5, 0.6) is 0 Å². The van der Waals surface area contributed by atoms with Crippen LogP contribution in [0, 0.1) is 17.1 Å². The number of carbonyl (C=O) groups is 1. The monoisotopic (exact) mass is 466 g/mol. The van der Waals surface area contributed by atoms with Crippen LogP contribution in [0.1, 0.15) is 12.5 Å². The first-order chi connectivity index (χ1) is 17.0. The third-order valence-corrected chi connectivity index (χ3v) is 6.24. The second-order valence-corrected chi connectivity index (χ2v) is 8.51. The Bertz CT molecular complexity index is 1440. The number of hydrogen-bond acceptors (Lipinski definition) is 5. The Hall–Kier alpha value is -4.51. The fourth-order valence-electron chi connectivity index (χ4n) is 4.45. The number of anilines is 2. The topological polar surface area (TPSA) is 85.2 Å². The Morgan fingerprint density at radius 1 is 1.03 bits per heavy atom. The van der Waals surface area contributed by atoms with E-state index in [1.165, 1.54) is 12.1 Å². The van der Waals surface area contributed by atoms with Gasteiger partial charge in [0.25, 0.3) is 0 Å². The number of hydrogen-bond donors (Lipinski definition) is 1. The zero-order valence-electron chi connectivity index (χ0n) is 19.1. The highest BCUT2D eigenvalue weighted by Crippen LogP contribution is 2.32. The number of nitrogens with one attached hydrogen (secondary N) is 1. The average Bonchev–Trinajstić information content (AvgIpc) is 2.89. The molecule has 7 nitrogen and oxygen atoms in total. The molecular formula is C27H23FN6O. The molecule has 3 aromatic carbocycles. The molecular weight excluding hydrogens is 443 g/mol. The first kappa shape index (κ1) is 22.3. The van der Waals surface area contributed by atoms with Gasteiger partial charge in [0, 0.05) is 42.0 Å². The minimum absolute atomic E-state index is 0.0272. The summed E-state index contributed by atoms with van der Waals surface area (Å²) < 4.78 is 14.2. The Balaban J connectivity index is 1.36. The Morgan fingerprint density at radius 2 is 1.77 bits per heavy atom. The van der Waals surface area contributed by atoms with Gasteiger partial charge in [0.15, 0.2) is 5.82 Å². The van der Waals surface area contributed by atoms with E-state index in [1.807, 2.05) is 61.5 Å². The number of nitrogens with zero attached hydrogens (tertiary/aromatic N) is 5. The molecule has 1 aromatic heterocycles. The van der Waals surface area contributed by atoms with Gasteiger partial charge in [-0.15, -0.1) is 10.2 Å². The molecule has 1 fully saturated rings. The highest BCUT2D eigenvalue weighted by molar-refractivity contribution is 6.00. The van der Waals surface area contributed by atoms with Gasteiger partial charge in [0.1, 0.15) is 11.5 Å². The molecule has 1 N–H and O–H groups in total. The van der Waals surface area contributed by atoms with Crippen LogP contribution in [-0.4, -0.2) is 46.8 Å². The Labute approximate surface area is 202 Å². The van der Waals surface area contributed by atoms with Crippen LogP contribution in [0.2, 0.25) is 0 Å². The molecule has 1 atom stereocenters. The van der Waals surface area contributed by atoms with Crippen molar-refractivity contribution < 1.29 is 9.18 Å². The second kappa shape index (κ2) is 9.39. The number of amides is 2. The summed E-state index contributed by atoms with van der Waals surface area (Å²) in [6.45, 7) is 3.49. The summed E-state index contributed by atoms with van der Waals surface area (Å²) in [5, 5.41) is 22.7. The Kier molecular flexibility index (Phi) is 5.98. The number of urea groups is 1. The van der Waals surface area contributed by atoms with Gasteiger partial charge < -0.3 is 15.1 Å². The molecule has 174 valence electrons. The molecule has 0 bridgehead atoms. The van der Waals surface area contributed by atoms with Gasteiger partial charge >= 0.3 is 6.03 Å². The lowest BCUT2D eigenvalue weighted by atomic mass is 10.0. The van der Waals surface area contributed by atoms with Crippen LogP contribution >= 0.6 is 0 Å². The number of rotatable bonds is 3. The standard InChI is InChI=1S/C27H23FN6O/c1-18-17-33(27(35)30-24-12-11-19(16-29)15-23(24)28)13-14-34(18)26-22-10-6-5-9-21(22)25(31-32-26)20-7-3-2-4-8-20/h2-12,15,18H,13-14,17H2,1H3,(H,30,35)/t18-/m0/s1. The van der Waals surface area contributed by atoms with Gasteiger partial charge in [-0.2, -0.15) is 5.26 Å². The molecule has 0 radical (unpaired) electrons. The molecule has 5 rings (SSSR count). The van der Waals surface area contributed by atoms with E-state index in [0.29, 0.717) is 19.6 Å². The molecule has 1 aliphatic rings. The zero-order chi connectivity index (χ0) is 24.4. The summed E-state index contributed by atoms with van der Waals surface area (Å²) in [4.78, 5) is 16.6. The van der Waals surface area contributed by atoms with Gasteiger partial charge in [0.05, 0.1) is 17.3 Å². The lowest BCUT2D eigenvalue weighted by molar-refractivity contribution is 0.200. The largest absolute Gasteiger partial charge is 0.348 e. The van der Waals surface area contributed by atoms with Crippen LogP contribution in [0.25, 0.3) is 22.0 Å². The molecule has 1 aliphatic heterocycles. The van der Waals surface area contributed by atoms with E-state index >= 15 is 0 Å². The quantitative estimate of drug-likeness (QED) is 0.457. The fraction of sp³-hybridized carbons (Fsp3) is 0.185. The minimum atomic E-state index is -0.635. The van der Waals surface area contributed by atoms with E-state index < -0.39 is 5.82 Å². The minimum Gasteiger partial charge on any atom is -0.348 e. The smallest absolute Gasteiger partial charge is 0.322 e. The van der Waals surface area contributed by atoms with E-state index in [9.17, 15) is 9.18 Å². The molecule has 0 spiro atoms. The normalized spacial score (nSPS) is 15.6. The summed E-state index contributed by atoms with van der Waals surface area (Å²) >= 11 is 0. The van der Waals surface area contributed by atoms with Crippen molar-refractivity contribution >= 4 is 28.3 Å².